The number of hydrogen-bond acceptors (Lipinski definition) is 5. The predicted molar refractivity (Wildman–Crippen MR) is 106 cm³/mol. The van der Waals surface area contributed by atoms with E-state index < -0.39 is 11.6 Å². The van der Waals surface area contributed by atoms with Gasteiger partial charge < -0.3 is 10.1 Å². The molecule has 8 heteroatoms. The number of pyridine rings is 2. The van der Waals surface area contributed by atoms with E-state index in [1.54, 1.807) is 10.7 Å². The lowest BCUT2D eigenvalue weighted by atomic mass is 10.0. The molecule has 29 heavy (non-hydrogen) atoms. The lowest BCUT2D eigenvalue weighted by Gasteiger charge is -2.14. The summed E-state index contributed by atoms with van der Waals surface area (Å²) in [7, 11) is 1.38. The summed E-state index contributed by atoms with van der Waals surface area (Å²) in [4.78, 5) is 4.38. The summed E-state index contributed by atoms with van der Waals surface area (Å²) in [6, 6.07) is 7.79. The molecule has 0 aliphatic heterocycles. The number of ether oxygens (including phenoxy) is 1. The van der Waals surface area contributed by atoms with Crippen molar-refractivity contribution >= 4 is 11.5 Å². The molecule has 1 aromatic carbocycles. The van der Waals surface area contributed by atoms with Gasteiger partial charge in [-0.3, -0.25) is 9.38 Å². The molecule has 4 aromatic rings. The van der Waals surface area contributed by atoms with Gasteiger partial charge in [-0.1, -0.05) is 0 Å². The van der Waals surface area contributed by atoms with E-state index in [9.17, 15) is 8.78 Å². The maximum atomic E-state index is 14.2. The Balaban J connectivity index is 1.70. The highest BCUT2D eigenvalue weighted by atomic mass is 19.1. The molecule has 0 amide bonds. The van der Waals surface area contributed by atoms with Crippen molar-refractivity contribution in [1.29, 1.82) is 0 Å². The molecule has 3 heterocycles. The summed E-state index contributed by atoms with van der Waals surface area (Å²) in [5.41, 5.74) is 4.77. The van der Waals surface area contributed by atoms with E-state index in [-0.39, 0.29) is 17.9 Å². The normalized spacial score (nSPS) is 11.1. The lowest BCUT2D eigenvalue weighted by molar-refractivity contribution is 0.400. The standard InChI is InChI=1S/C21H19F2N5O/c1-12-6-13(2)24-9-16(12)15-4-5-20(28-11-26-27-21(15)28)25-10-17-18(23)7-14(22)8-19(17)29-3/h4-9,11,25H,10H2,1-3H3. The predicted octanol–water partition coefficient (Wildman–Crippen LogP) is 4.31. The Morgan fingerprint density at radius 2 is 1.93 bits per heavy atom. The first-order valence-electron chi connectivity index (χ1n) is 9.00. The smallest absolute Gasteiger partial charge is 0.170 e. The third-order valence-corrected chi connectivity index (χ3v) is 4.78. The fourth-order valence-corrected chi connectivity index (χ4v) is 3.36. The van der Waals surface area contributed by atoms with Crippen LogP contribution in [0.5, 0.6) is 5.75 Å². The van der Waals surface area contributed by atoms with Crippen molar-refractivity contribution in [1.82, 2.24) is 19.6 Å². The van der Waals surface area contributed by atoms with Gasteiger partial charge in [0.15, 0.2) is 5.65 Å². The molecule has 0 spiro atoms. The van der Waals surface area contributed by atoms with Crippen LogP contribution in [-0.4, -0.2) is 26.7 Å². The first-order valence-corrected chi connectivity index (χ1v) is 9.00. The average Bonchev–Trinajstić information content (AvgIpc) is 3.17. The van der Waals surface area contributed by atoms with E-state index in [0.717, 1.165) is 34.5 Å². The van der Waals surface area contributed by atoms with Gasteiger partial charge in [0.2, 0.25) is 0 Å². The highest BCUT2D eigenvalue weighted by Gasteiger charge is 2.15. The fourth-order valence-electron chi connectivity index (χ4n) is 3.36. The van der Waals surface area contributed by atoms with E-state index in [1.165, 1.54) is 7.11 Å². The van der Waals surface area contributed by atoms with Crippen LogP contribution in [0.15, 0.2) is 42.9 Å². The molecule has 0 saturated carbocycles. The van der Waals surface area contributed by atoms with Gasteiger partial charge in [0.1, 0.15) is 29.5 Å². The molecular weight excluding hydrogens is 376 g/mol. The average molecular weight is 395 g/mol. The van der Waals surface area contributed by atoms with Crippen molar-refractivity contribution in [3.05, 3.63) is 71.3 Å². The van der Waals surface area contributed by atoms with Gasteiger partial charge in [-0.2, -0.15) is 0 Å². The van der Waals surface area contributed by atoms with E-state index in [4.69, 9.17) is 4.74 Å². The van der Waals surface area contributed by atoms with Crippen LogP contribution in [0, 0.1) is 25.5 Å². The van der Waals surface area contributed by atoms with E-state index in [2.05, 4.69) is 20.5 Å². The van der Waals surface area contributed by atoms with Crippen LogP contribution in [0.4, 0.5) is 14.6 Å². The minimum absolute atomic E-state index is 0.104. The number of aromatic nitrogens is 4. The third-order valence-electron chi connectivity index (χ3n) is 4.78. The molecule has 1 N–H and O–H groups in total. The molecule has 148 valence electrons. The summed E-state index contributed by atoms with van der Waals surface area (Å²) in [6.07, 6.45) is 3.40. The van der Waals surface area contributed by atoms with Crippen LogP contribution in [0.2, 0.25) is 0 Å². The minimum atomic E-state index is -0.685. The second kappa shape index (κ2) is 7.46. The maximum Gasteiger partial charge on any atom is 0.170 e. The summed E-state index contributed by atoms with van der Waals surface area (Å²) < 4.78 is 34.5. The number of fused-ring (bicyclic) bond motifs is 1. The number of aryl methyl sites for hydroxylation is 2. The molecule has 0 bridgehead atoms. The number of methoxy groups -OCH3 is 1. The number of anilines is 1. The number of benzene rings is 1. The Morgan fingerprint density at radius 1 is 1.10 bits per heavy atom. The Labute approximate surface area is 166 Å². The van der Waals surface area contributed by atoms with Crippen molar-refractivity contribution in [2.45, 2.75) is 20.4 Å². The monoisotopic (exact) mass is 395 g/mol. The fraction of sp³-hybridized carbons (Fsp3) is 0.190. The van der Waals surface area contributed by atoms with Crippen molar-refractivity contribution in [2.75, 3.05) is 12.4 Å². The Kier molecular flexibility index (Phi) is 4.84. The number of hydrogen-bond donors (Lipinski definition) is 1. The molecule has 0 atom stereocenters. The van der Waals surface area contributed by atoms with E-state index in [1.807, 2.05) is 38.2 Å². The molecule has 0 saturated heterocycles. The number of halogens is 2. The van der Waals surface area contributed by atoms with Gasteiger partial charge in [0, 0.05) is 47.3 Å². The Bertz CT molecular complexity index is 1210. The molecule has 0 radical (unpaired) electrons. The zero-order valence-corrected chi connectivity index (χ0v) is 16.2. The van der Waals surface area contributed by atoms with Crippen molar-refractivity contribution in [2.24, 2.45) is 0 Å². The number of nitrogens with zero attached hydrogens (tertiary/aromatic N) is 4. The molecular formula is C21H19F2N5O. The SMILES string of the molecule is COc1cc(F)cc(F)c1CNc1ccc(-c2cnc(C)cc2C)c2nncn12. The second-order valence-corrected chi connectivity index (χ2v) is 6.72. The van der Waals surface area contributed by atoms with Crippen LogP contribution in [0.25, 0.3) is 16.8 Å². The minimum Gasteiger partial charge on any atom is -0.496 e. The largest absolute Gasteiger partial charge is 0.496 e. The zero-order valence-electron chi connectivity index (χ0n) is 16.2. The van der Waals surface area contributed by atoms with Gasteiger partial charge in [-0.15, -0.1) is 10.2 Å². The highest BCUT2D eigenvalue weighted by molar-refractivity contribution is 5.80. The Morgan fingerprint density at radius 3 is 2.69 bits per heavy atom. The van der Waals surface area contributed by atoms with Gasteiger partial charge in [-0.05, 0) is 37.6 Å². The highest BCUT2D eigenvalue weighted by Crippen LogP contribution is 2.29. The zero-order chi connectivity index (χ0) is 20.5. The van der Waals surface area contributed by atoms with Gasteiger partial charge in [0.25, 0.3) is 0 Å². The van der Waals surface area contributed by atoms with Crippen LogP contribution in [-0.2, 0) is 6.54 Å². The summed E-state index contributed by atoms with van der Waals surface area (Å²) in [5.74, 6) is -0.548. The van der Waals surface area contributed by atoms with Gasteiger partial charge in [0.05, 0.1) is 7.11 Å². The lowest BCUT2D eigenvalue weighted by Crippen LogP contribution is -2.08. The molecule has 6 nitrogen and oxygen atoms in total. The number of rotatable bonds is 5. The first-order chi connectivity index (χ1) is 14.0. The van der Waals surface area contributed by atoms with Crippen molar-refractivity contribution < 1.29 is 13.5 Å². The molecule has 0 aliphatic carbocycles. The van der Waals surface area contributed by atoms with E-state index >= 15 is 0 Å². The van der Waals surface area contributed by atoms with Gasteiger partial charge >= 0.3 is 0 Å². The Hall–Kier alpha value is -3.55. The van der Waals surface area contributed by atoms with Crippen LogP contribution < -0.4 is 10.1 Å². The van der Waals surface area contributed by atoms with E-state index in [0.29, 0.717) is 11.5 Å². The quantitative estimate of drug-likeness (QED) is 0.546. The van der Waals surface area contributed by atoms with Gasteiger partial charge in [-0.25, -0.2) is 8.78 Å². The molecule has 3 aromatic heterocycles. The summed E-state index contributed by atoms with van der Waals surface area (Å²) in [5, 5.41) is 11.4. The van der Waals surface area contributed by atoms with Crippen LogP contribution in [0.1, 0.15) is 16.8 Å². The summed E-state index contributed by atoms with van der Waals surface area (Å²) in [6.45, 7) is 4.07. The molecule has 0 unspecified atom stereocenters. The summed E-state index contributed by atoms with van der Waals surface area (Å²) >= 11 is 0. The molecule has 0 fully saturated rings. The number of nitrogens with one attached hydrogen (secondary N) is 1. The molecule has 4 rings (SSSR count). The van der Waals surface area contributed by atoms with Crippen molar-refractivity contribution in [3.8, 4) is 16.9 Å². The van der Waals surface area contributed by atoms with Crippen molar-refractivity contribution in [3.63, 3.8) is 0 Å². The van der Waals surface area contributed by atoms with Crippen LogP contribution >= 0.6 is 0 Å². The van der Waals surface area contributed by atoms with Crippen LogP contribution in [0.3, 0.4) is 0 Å². The third kappa shape index (κ3) is 3.49. The molecule has 0 aliphatic rings. The first kappa shape index (κ1) is 18.8. The second-order valence-electron chi connectivity index (χ2n) is 6.72. The maximum absolute atomic E-state index is 14.2. The topological polar surface area (TPSA) is 64.3 Å².